The Morgan fingerprint density at radius 1 is 0.536 bits per heavy atom. The molecular weight excluding hydrogens is 342 g/mol. The van der Waals surface area contributed by atoms with E-state index in [4.69, 9.17) is 17.2 Å². The zero-order chi connectivity index (χ0) is 22.7. The minimum Gasteiger partial charge on any atom is -0.330 e. The molecule has 28 heavy (non-hydrogen) atoms. The van der Waals surface area contributed by atoms with Crippen molar-refractivity contribution in [1.82, 2.24) is 0 Å². The molecule has 3 heteroatoms. The summed E-state index contributed by atoms with van der Waals surface area (Å²) in [6.07, 6.45) is 8.02. The smallest absolute Gasteiger partial charge is 0.0102 e. The molecule has 0 bridgehead atoms. The fraction of sp³-hybridized carbons (Fsp3) is 1.00. The Labute approximate surface area is 178 Å². The Hall–Kier alpha value is -0.120. The summed E-state index contributed by atoms with van der Waals surface area (Å²) in [5, 5.41) is 0. The molecular formula is C25H55N3. The van der Waals surface area contributed by atoms with Crippen molar-refractivity contribution in [3.05, 3.63) is 0 Å². The van der Waals surface area contributed by atoms with Crippen LogP contribution in [0.3, 0.4) is 0 Å². The Balaban J connectivity index is 6.02. The largest absolute Gasteiger partial charge is 0.330 e. The summed E-state index contributed by atoms with van der Waals surface area (Å²) in [4.78, 5) is 0. The van der Waals surface area contributed by atoms with E-state index in [0.717, 1.165) is 25.8 Å². The maximum absolute atomic E-state index is 6.44. The van der Waals surface area contributed by atoms with E-state index in [0.29, 0.717) is 0 Å². The molecule has 0 aliphatic carbocycles. The first-order valence-corrected chi connectivity index (χ1v) is 11.4. The monoisotopic (exact) mass is 397 g/mol. The van der Waals surface area contributed by atoms with Crippen LogP contribution in [0.5, 0.6) is 0 Å². The lowest BCUT2D eigenvalue weighted by Gasteiger charge is -2.50. The molecule has 0 atom stereocenters. The van der Waals surface area contributed by atoms with Crippen LogP contribution in [-0.2, 0) is 0 Å². The molecule has 0 saturated heterocycles. The van der Waals surface area contributed by atoms with Crippen LogP contribution in [-0.4, -0.2) is 17.6 Å². The van der Waals surface area contributed by atoms with Crippen molar-refractivity contribution in [3.63, 3.8) is 0 Å². The molecule has 0 saturated carbocycles. The third kappa shape index (κ3) is 11.8. The number of nitrogens with two attached hydrogens (primary N) is 3. The van der Waals surface area contributed by atoms with Gasteiger partial charge < -0.3 is 17.2 Å². The highest BCUT2D eigenvalue weighted by Crippen LogP contribution is 2.54. The number of rotatable bonds is 13. The second-order valence-corrected chi connectivity index (χ2v) is 13.8. The van der Waals surface area contributed by atoms with Crippen molar-refractivity contribution >= 4 is 0 Å². The molecule has 0 spiro atoms. The van der Waals surface area contributed by atoms with Gasteiger partial charge in [-0.2, -0.15) is 0 Å². The predicted molar refractivity (Wildman–Crippen MR) is 127 cm³/mol. The summed E-state index contributed by atoms with van der Waals surface area (Å²) in [6.45, 7) is 25.9. The zero-order valence-corrected chi connectivity index (χ0v) is 21.4. The molecule has 6 N–H and O–H groups in total. The van der Waals surface area contributed by atoms with E-state index in [1.165, 1.54) is 25.7 Å². The van der Waals surface area contributed by atoms with Crippen molar-refractivity contribution in [2.24, 2.45) is 38.9 Å². The SMILES string of the molecule is CCCC(CC(C)(C)CN)(CC(C)(C)CC(C)(C)N)CC(C)(C)CC(C)(C)N. The van der Waals surface area contributed by atoms with Crippen LogP contribution in [0.2, 0.25) is 0 Å². The van der Waals surface area contributed by atoms with Crippen LogP contribution in [0.25, 0.3) is 0 Å². The highest BCUT2D eigenvalue weighted by molar-refractivity contribution is 4.97. The molecule has 0 rings (SSSR count). The van der Waals surface area contributed by atoms with Crippen molar-refractivity contribution in [1.29, 1.82) is 0 Å². The van der Waals surface area contributed by atoms with E-state index in [1.54, 1.807) is 0 Å². The minimum absolute atomic E-state index is 0.137. The normalized spacial score (nSPS) is 15.2. The molecule has 0 aliphatic heterocycles. The average molecular weight is 398 g/mol. The number of hydrogen-bond donors (Lipinski definition) is 3. The Kier molecular flexibility index (Phi) is 9.31. The maximum atomic E-state index is 6.44. The van der Waals surface area contributed by atoms with Gasteiger partial charge in [0.2, 0.25) is 0 Å². The standard InChI is InChI=1S/C25H55N3/c1-12-13-25(18-22(6,7)19-26,16-20(2,3)14-23(8,9)27)17-21(4,5)15-24(10,11)28/h12-19,26-28H2,1-11H3. The maximum Gasteiger partial charge on any atom is 0.0102 e. The molecule has 0 aromatic carbocycles. The summed E-state index contributed by atoms with van der Waals surface area (Å²) in [5.41, 5.74) is 19.5. The quantitative estimate of drug-likeness (QED) is 0.344. The molecule has 170 valence electrons. The van der Waals surface area contributed by atoms with Gasteiger partial charge in [0, 0.05) is 11.1 Å². The second-order valence-electron chi connectivity index (χ2n) is 13.8. The van der Waals surface area contributed by atoms with Crippen LogP contribution in [0.15, 0.2) is 0 Å². The van der Waals surface area contributed by atoms with Crippen molar-refractivity contribution in [2.75, 3.05) is 6.54 Å². The van der Waals surface area contributed by atoms with Crippen LogP contribution >= 0.6 is 0 Å². The van der Waals surface area contributed by atoms with E-state index < -0.39 is 0 Å². The van der Waals surface area contributed by atoms with Crippen molar-refractivity contribution < 1.29 is 0 Å². The molecule has 0 amide bonds. The average Bonchev–Trinajstić information content (AvgIpc) is 2.29. The van der Waals surface area contributed by atoms with Gasteiger partial charge in [-0.15, -0.1) is 0 Å². The lowest BCUT2D eigenvalue weighted by atomic mass is 9.56. The zero-order valence-electron chi connectivity index (χ0n) is 21.4. The summed E-state index contributed by atoms with van der Waals surface area (Å²) in [5.74, 6) is 0. The molecule has 0 heterocycles. The third-order valence-electron chi connectivity index (χ3n) is 5.76. The molecule has 0 aliphatic rings. The van der Waals surface area contributed by atoms with Gasteiger partial charge in [0.15, 0.2) is 0 Å². The topological polar surface area (TPSA) is 78.1 Å². The summed E-state index contributed by atoms with van der Waals surface area (Å²) >= 11 is 0. The molecule has 3 nitrogen and oxygen atoms in total. The van der Waals surface area contributed by atoms with Gasteiger partial charge in [-0.25, -0.2) is 0 Å². The van der Waals surface area contributed by atoms with E-state index in [2.05, 4.69) is 76.2 Å². The minimum atomic E-state index is -0.153. The van der Waals surface area contributed by atoms with Crippen molar-refractivity contribution in [2.45, 2.75) is 132 Å². The Morgan fingerprint density at radius 3 is 1.11 bits per heavy atom. The van der Waals surface area contributed by atoms with Crippen LogP contribution in [0, 0.1) is 21.7 Å². The van der Waals surface area contributed by atoms with E-state index in [9.17, 15) is 0 Å². The Morgan fingerprint density at radius 2 is 0.857 bits per heavy atom. The van der Waals surface area contributed by atoms with Gasteiger partial charge in [0.25, 0.3) is 0 Å². The van der Waals surface area contributed by atoms with E-state index in [1.807, 2.05) is 0 Å². The third-order valence-corrected chi connectivity index (χ3v) is 5.76. The van der Waals surface area contributed by atoms with Gasteiger partial charge in [-0.1, -0.05) is 54.9 Å². The lowest BCUT2D eigenvalue weighted by Crippen LogP contribution is -2.44. The van der Waals surface area contributed by atoms with Crippen molar-refractivity contribution in [3.8, 4) is 0 Å². The highest BCUT2D eigenvalue weighted by atomic mass is 14.7. The first-order valence-electron chi connectivity index (χ1n) is 11.4. The molecule has 0 fully saturated rings. The van der Waals surface area contributed by atoms with Crippen LogP contribution in [0.1, 0.15) is 121 Å². The summed E-state index contributed by atoms with van der Waals surface area (Å²) in [6, 6.07) is 0. The van der Waals surface area contributed by atoms with E-state index >= 15 is 0 Å². The van der Waals surface area contributed by atoms with E-state index in [-0.39, 0.29) is 32.7 Å². The second kappa shape index (κ2) is 9.35. The fourth-order valence-corrected chi connectivity index (χ4v) is 6.69. The summed E-state index contributed by atoms with van der Waals surface area (Å²) < 4.78 is 0. The van der Waals surface area contributed by atoms with Crippen LogP contribution in [0.4, 0.5) is 0 Å². The molecule has 0 unspecified atom stereocenters. The highest BCUT2D eigenvalue weighted by Gasteiger charge is 2.44. The van der Waals surface area contributed by atoms with Gasteiger partial charge in [0.05, 0.1) is 0 Å². The van der Waals surface area contributed by atoms with Gasteiger partial charge >= 0.3 is 0 Å². The molecule has 0 aromatic heterocycles. The first kappa shape index (κ1) is 27.9. The summed E-state index contributed by atoms with van der Waals surface area (Å²) in [7, 11) is 0. The predicted octanol–water partition coefficient (Wildman–Crippen LogP) is 6.24. The number of hydrogen-bond acceptors (Lipinski definition) is 3. The van der Waals surface area contributed by atoms with Gasteiger partial charge in [0.1, 0.15) is 0 Å². The fourth-order valence-electron chi connectivity index (χ4n) is 6.69. The van der Waals surface area contributed by atoms with Gasteiger partial charge in [-0.05, 0) is 94.4 Å². The van der Waals surface area contributed by atoms with Crippen LogP contribution < -0.4 is 17.2 Å². The molecule has 0 radical (unpaired) electrons. The Bertz CT molecular complexity index is 431. The lowest BCUT2D eigenvalue weighted by molar-refractivity contribution is 0.0208. The first-order chi connectivity index (χ1) is 12.2. The van der Waals surface area contributed by atoms with Gasteiger partial charge in [-0.3, -0.25) is 0 Å². The molecule has 0 aromatic rings.